The Bertz CT molecular complexity index is 843. The Kier molecular flexibility index (Phi) is 43.2. The van der Waals surface area contributed by atoms with Crippen molar-refractivity contribution >= 4 is 17.9 Å². The van der Waals surface area contributed by atoms with Crippen LogP contribution in [0.3, 0.4) is 0 Å². The fourth-order valence-corrected chi connectivity index (χ4v) is 7.48. The van der Waals surface area contributed by atoms with Gasteiger partial charge in [0.1, 0.15) is 13.2 Å². The smallest absolute Gasteiger partial charge is 0.306 e. The van der Waals surface area contributed by atoms with Gasteiger partial charge < -0.3 is 14.2 Å². The van der Waals surface area contributed by atoms with Gasteiger partial charge in [-0.1, -0.05) is 240 Å². The van der Waals surface area contributed by atoms with Gasteiger partial charge >= 0.3 is 17.9 Å². The lowest BCUT2D eigenvalue weighted by Crippen LogP contribution is -2.30. The number of unbranched alkanes of at least 4 members (excludes halogenated alkanes) is 31. The average Bonchev–Trinajstić information content (AvgIpc) is 3.19. The molecule has 0 aromatic carbocycles. The second kappa shape index (κ2) is 44.5. The maximum Gasteiger partial charge on any atom is 0.306 e. The zero-order valence-corrected chi connectivity index (χ0v) is 38.1. The monoisotopic (exact) mass is 793 g/mol. The maximum atomic E-state index is 12.8. The quantitative estimate of drug-likeness (QED) is 0.0347. The number of hydrogen-bond donors (Lipinski definition) is 0. The van der Waals surface area contributed by atoms with Crippen LogP contribution in [0.4, 0.5) is 0 Å². The van der Waals surface area contributed by atoms with Crippen molar-refractivity contribution in [2.45, 2.75) is 284 Å². The molecule has 0 spiro atoms. The average molecular weight is 793 g/mol. The molecule has 0 fully saturated rings. The second-order valence-corrected chi connectivity index (χ2v) is 17.3. The van der Waals surface area contributed by atoms with Gasteiger partial charge in [0.15, 0.2) is 6.10 Å². The number of carbonyl (C=O) groups is 3. The molecular formula is C50H96O6. The van der Waals surface area contributed by atoms with E-state index in [4.69, 9.17) is 14.2 Å². The van der Waals surface area contributed by atoms with Crippen molar-refractivity contribution < 1.29 is 28.6 Å². The van der Waals surface area contributed by atoms with Crippen molar-refractivity contribution in [1.29, 1.82) is 0 Å². The summed E-state index contributed by atoms with van der Waals surface area (Å²) in [7, 11) is 0. The summed E-state index contributed by atoms with van der Waals surface area (Å²) >= 11 is 0. The number of esters is 3. The number of hydrogen-bond acceptors (Lipinski definition) is 6. The molecule has 2 atom stereocenters. The minimum Gasteiger partial charge on any atom is -0.462 e. The first-order valence-electron chi connectivity index (χ1n) is 24.9. The zero-order valence-electron chi connectivity index (χ0n) is 38.1. The number of carbonyl (C=O) groups excluding carboxylic acids is 3. The van der Waals surface area contributed by atoms with E-state index in [1.54, 1.807) is 0 Å². The molecule has 1 unspecified atom stereocenters. The molecule has 0 bridgehead atoms. The highest BCUT2D eigenvalue weighted by molar-refractivity contribution is 5.71. The second-order valence-electron chi connectivity index (χ2n) is 17.3. The van der Waals surface area contributed by atoms with E-state index in [0.29, 0.717) is 19.3 Å². The molecule has 0 saturated carbocycles. The lowest BCUT2D eigenvalue weighted by Gasteiger charge is -2.18. The van der Waals surface area contributed by atoms with E-state index < -0.39 is 6.10 Å². The van der Waals surface area contributed by atoms with Gasteiger partial charge in [-0.3, -0.25) is 14.4 Å². The standard InChI is InChI=1S/C50H96O6/c1-5-8-10-12-14-16-18-19-20-21-22-23-24-25-27-29-35-39-43-50(53)56-47(44-54-48(51)41-37-33-28-26-17-15-13-11-9-6-2)45-55-49(52)42-38-34-31-30-32-36-40-46(4)7-3/h46-47H,5-45H2,1-4H3/t46?,47-/m1/s1. The van der Waals surface area contributed by atoms with Crippen LogP contribution in [-0.4, -0.2) is 37.2 Å². The van der Waals surface area contributed by atoms with E-state index in [-0.39, 0.29) is 31.1 Å². The Morgan fingerprint density at radius 1 is 0.357 bits per heavy atom. The van der Waals surface area contributed by atoms with Gasteiger partial charge in [0.2, 0.25) is 0 Å². The Hall–Kier alpha value is -1.59. The van der Waals surface area contributed by atoms with E-state index in [0.717, 1.165) is 63.7 Å². The third kappa shape index (κ3) is 42.0. The van der Waals surface area contributed by atoms with Crippen molar-refractivity contribution in [1.82, 2.24) is 0 Å². The van der Waals surface area contributed by atoms with Gasteiger partial charge in [0.05, 0.1) is 0 Å². The molecule has 0 heterocycles. The molecule has 0 radical (unpaired) electrons. The van der Waals surface area contributed by atoms with Crippen molar-refractivity contribution in [2.75, 3.05) is 13.2 Å². The third-order valence-corrected chi connectivity index (χ3v) is 11.7. The van der Waals surface area contributed by atoms with Gasteiger partial charge in [-0.15, -0.1) is 0 Å². The summed E-state index contributed by atoms with van der Waals surface area (Å²) in [6.45, 7) is 8.98. The molecule has 0 aromatic rings. The minimum absolute atomic E-state index is 0.0641. The largest absolute Gasteiger partial charge is 0.462 e. The van der Waals surface area contributed by atoms with Crippen LogP contribution in [0.25, 0.3) is 0 Å². The van der Waals surface area contributed by atoms with Crippen LogP contribution >= 0.6 is 0 Å². The number of ether oxygens (including phenoxy) is 3. The van der Waals surface area contributed by atoms with Crippen LogP contribution in [0.1, 0.15) is 278 Å². The Morgan fingerprint density at radius 2 is 0.625 bits per heavy atom. The molecule has 56 heavy (non-hydrogen) atoms. The molecule has 0 saturated heterocycles. The molecule has 0 N–H and O–H groups in total. The first kappa shape index (κ1) is 54.4. The van der Waals surface area contributed by atoms with Crippen molar-refractivity contribution in [2.24, 2.45) is 5.92 Å². The van der Waals surface area contributed by atoms with Crippen molar-refractivity contribution in [3.8, 4) is 0 Å². The first-order chi connectivity index (χ1) is 27.4. The van der Waals surface area contributed by atoms with Crippen molar-refractivity contribution in [3.63, 3.8) is 0 Å². The van der Waals surface area contributed by atoms with Crippen LogP contribution in [0.2, 0.25) is 0 Å². The van der Waals surface area contributed by atoms with Crippen LogP contribution in [0.15, 0.2) is 0 Å². The predicted molar refractivity (Wildman–Crippen MR) is 238 cm³/mol. The molecule has 0 aliphatic rings. The van der Waals surface area contributed by atoms with Crippen LogP contribution < -0.4 is 0 Å². The molecule has 0 rings (SSSR count). The normalized spacial score (nSPS) is 12.4. The number of rotatable bonds is 45. The van der Waals surface area contributed by atoms with E-state index in [2.05, 4.69) is 27.7 Å². The summed E-state index contributed by atoms with van der Waals surface area (Å²) < 4.78 is 16.7. The highest BCUT2D eigenvalue weighted by Crippen LogP contribution is 2.17. The zero-order chi connectivity index (χ0) is 41.0. The molecule has 0 amide bonds. The molecular weight excluding hydrogens is 697 g/mol. The highest BCUT2D eigenvalue weighted by Gasteiger charge is 2.19. The van der Waals surface area contributed by atoms with E-state index >= 15 is 0 Å². The molecule has 6 heteroatoms. The minimum atomic E-state index is -0.760. The van der Waals surface area contributed by atoms with Crippen molar-refractivity contribution in [3.05, 3.63) is 0 Å². The summed E-state index contributed by atoms with van der Waals surface area (Å²) in [6.07, 6.45) is 45.2. The lowest BCUT2D eigenvalue weighted by molar-refractivity contribution is -0.167. The molecule has 0 aromatic heterocycles. The summed E-state index contributed by atoms with van der Waals surface area (Å²) in [5, 5.41) is 0. The van der Waals surface area contributed by atoms with Gasteiger partial charge in [-0.25, -0.2) is 0 Å². The third-order valence-electron chi connectivity index (χ3n) is 11.7. The molecule has 332 valence electrons. The van der Waals surface area contributed by atoms with E-state index in [9.17, 15) is 14.4 Å². The van der Waals surface area contributed by atoms with E-state index in [1.807, 2.05) is 0 Å². The fourth-order valence-electron chi connectivity index (χ4n) is 7.48. The summed E-state index contributed by atoms with van der Waals surface area (Å²) in [4.78, 5) is 37.8. The van der Waals surface area contributed by atoms with E-state index in [1.165, 1.54) is 173 Å². The summed E-state index contributed by atoms with van der Waals surface area (Å²) in [5.74, 6) is -0.0383. The molecule has 6 nitrogen and oxygen atoms in total. The van der Waals surface area contributed by atoms with Gasteiger partial charge in [-0.05, 0) is 25.2 Å². The van der Waals surface area contributed by atoms with Crippen LogP contribution in [0, 0.1) is 5.92 Å². The topological polar surface area (TPSA) is 78.9 Å². The lowest BCUT2D eigenvalue weighted by atomic mass is 10.00. The molecule has 0 aliphatic carbocycles. The summed E-state index contributed by atoms with van der Waals surface area (Å²) in [6, 6.07) is 0. The highest BCUT2D eigenvalue weighted by atomic mass is 16.6. The first-order valence-corrected chi connectivity index (χ1v) is 24.9. The summed E-state index contributed by atoms with van der Waals surface area (Å²) in [5.41, 5.74) is 0. The van der Waals surface area contributed by atoms with Gasteiger partial charge in [0.25, 0.3) is 0 Å². The fraction of sp³-hybridized carbons (Fsp3) is 0.940. The maximum absolute atomic E-state index is 12.8. The molecule has 0 aliphatic heterocycles. The van der Waals surface area contributed by atoms with Gasteiger partial charge in [0, 0.05) is 19.3 Å². The predicted octanol–water partition coefficient (Wildman–Crippen LogP) is 15.9. The Labute approximate surface area is 348 Å². The van der Waals surface area contributed by atoms with Gasteiger partial charge in [-0.2, -0.15) is 0 Å². The SMILES string of the molecule is CCCCCCCCCCCCCCCCCCCCC(=O)O[C@H](COC(=O)CCCCCCCCCCCC)COC(=O)CCCCCCCCC(C)CC. The van der Waals surface area contributed by atoms with Crippen LogP contribution in [-0.2, 0) is 28.6 Å². The Balaban J connectivity index is 4.26. The van der Waals surface area contributed by atoms with Crippen LogP contribution in [0.5, 0.6) is 0 Å². The Morgan fingerprint density at radius 3 is 0.929 bits per heavy atom.